The van der Waals surface area contributed by atoms with Gasteiger partial charge >= 0.3 is 0 Å². The molecule has 0 bridgehead atoms. The van der Waals surface area contributed by atoms with Gasteiger partial charge in [-0.3, -0.25) is 0 Å². The van der Waals surface area contributed by atoms with Crippen molar-refractivity contribution >= 4 is 21.6 Å². The number of nitrogens with one attached hydrogen (secondary N) is 1. The van der Waals surface area contributed by atoms with Crippen molar-refractivity contribution in [1.82, 2.24) is 9.97 Å². The van der Waals surface area contributed by atoms with Gasteiger partial charge < -0.3 is 10.2 Å². The predicted octanol–water partition coefficient (Wildman–Crippen LogP) is 0.918. The zero-order valence-electron chi connectivity index (χ0n) is 11.4. The second kappa shape index (κ2) is 6.65. The van der Waals surface area contributed by atoms with Crippen molar-refractivity contribution in [1.29, 1.82) is 0 Å². The van der Waals surface area contributed by atoms with E-state index in [-0.39, 0.29) is 18.1 Å². The smallest absolute Gasteiger partial charge is 0.224 e. The third kappa shape index (κ3) is 5.37. The number of hydrogen-bond acceptors (Lipinski definition) is 6. The normalized spacial score (nSPS) is 11.4. The summed E-state index contributed by atoms with van der Waals surface area (Å²) in [5.41, 5.74) is 0. The molecular formula is C11H19FN4O2S. The SMILES string of the molecule is CCCNc1ncc(F)c(N(C)CCS(C)(=O)=O)n1. The summed E-state index contributed by atoms with van der Waals surface area (Å²) < 4.78 is 35.8. The lowest BCUT2D eigenvalue weighted by Gasteiger charge is -2.18. The summed E-state index contributed by atoms with van der Waals surface area (Å²) in [6.07, 6.45) is 3.13. The van der Waals surface area contributed by atoms with E-state index in [9.17, 15) is 12.8 Å². The van der Waals surface area contributed by atoms with Gasteiger partial charge in [0.05, 0.1) is 11.9 Å². The van der Waals surface area contributed by atoms with Crippen molar-refractivity contribution in [3.8, 4) is 0 Å². The van der Waals surface area contributed by atoms with Crippen LogP contribution in [0.25, 0.3) is 0 Å². The van der Waals surface area contributed by atoms with E-state index in [0.29, 0.717) is 12.5 Å². The summed E-state index contributed by atoms with van der Waals surface area (Å²) in [6, 6.07) is 0. The zero-order chi connectivity index (χ0) is 14.5. The number of aromatic nitrogens is 2. The molecule has 0 spiro atoms. The maximum atomic E-state index is 13.6. The van der Waals surface area contributed by atoms with Crippen LogP contribution in [0.2, 0.25) is 0 Å². The van der Waals surface area contributed by atoms with Gasteiger partial charge in [0.25, 0.3) is 0 Å². The van der Waals surface area contributed by atoms with E-state index in [0.717, 1.165) is 18.9 Å². The quantitative estimate of drug-likeness (QED) is 0.805. The predicted molar refractivity (Wildman–Crippen MR) is 73.8 cm³/mol. The van der Waals surface area contributed by atoms with Crippen LogP contribution >= 0.6 is 0 Å². The van der Waals surface area contributed by atoms with E-state index < -0.39 is 15.7 Å². The monoisotopic (exact) mass is 290 g/mol. The summed E-state index contributed by atoms with van der Waals surface area (Å²) in [7, 11) is -1.49. The van der Waals surface area contributed by atoms with Gasteiger partial charge in [-0.05, 0) is 6.42 Å². The molecule has 0 aliphatic carbocycles. The molecule has 0 saturated heterocycles. The van der Waals surface area contributed by atoms with E-state index in [1.165, 1.54) is 4.90 Å². The standard InChI is InChI=1S/C11H19FN4O2S/c1-4-5-13-11-14-8-9(12)10(15-11)16(2)6-7-19(3,17)18/h8H,4-7H2,1-3H3,(H,13,14,15). The lowest BCUT2D eigenvalue weighted by atomic mass is 10.4. The Bertz CT molecular complexity index is 521. The first kappa shape index (κ1) is 15.6. The fourth-order valence-electron chi connectivity index (χ4n) is 1.36. The zero-order valence-corrected chi connectivity index (χ0v) is 12.2. The van der Waals surface area contributed by atoms with Crippen molar-refractivity contribution in [2.24, 2.45) is 0 Å². The Labute approximate surface area is 113 Å². The van der Waals surface area contributed by atoms with E-state index in [2.05, 4.69) is 15.3 Å². The number of hydrogen-bond donors (Lipinski definition) is 1. The van der Waals surface area contributed by atoms with E-state index in [1.54, 1.807) is 7.05 Å². The Balaban J connectivity index is 2.80. The number of rotatable bonds is 7. The molecule has 0 atom stereocenters. The first-order valence-electron chi connectivity index (χ1n) is 5.98. The van der Waals surface area contributed by atoms with Gasteiger partial charge in [-0.1, -0.05) is 6.92 Å². The lowest BCUT2D eigenvalue weighted by molar-refractivity contribution is 0.596. The molecule has 0 saturated carbocycles. The van der Waals surface area contributed by atoms with Crippen LogP contribution in [0.5, 0.6) is 0 Å². The van der Waals surface area contributed by atoms with Crippen LogP contribution in [0.3, 0.4) is 0 Å². The highest BCUT2D eigenvalue weighted by molar-refractivity contribution is 7.90. The van der Waals surface area contributed by atoms with Crippen molar-refractivity contribution in [2.75, 3.05) is 42.4 Å². The highest BCUT2D eigenvalue weighted by atomic mass is 32.2. The van der Waals surface area contributed by atoms with Crippen LogP contribution < -0.4 is 10.2 Å². The van der Waals surface area contributed by atoms with E-state index >= 15 is 0 Å². The minimum Gasteiger partial charge on any atom is -0.356 e. The van der Waals surface area contributed by atoms with Crippen LogP contribution in [-0.2, 0) is 9.84 Å². The van der Waals surface area contributed by atoms with Crippen molar-refractivity contribution in [3.63, 3.8) is 0 Å². The number of anilines is 2. The number of nitrogens with zero attached hydrogens (tertiary/aromatic N) is 3. The maximum absolute atomic E-state index is 13.6. The molecule has 0 amide bonds. The van der Waals surface area contributed by atoms with Crippen LogP contribution in [0.1, 0.15) is 13.3 Å². The summed E-state index contributed by atoms with van der Waals surface area (Å²) in [6.45, 7) is 2.87. The average Bonchev–Trinajstić information content (AvgIpc) is 2.34. The number of sulfone groups is 1. The van der Waals surface area contributed by atoms with Gasteiger partial charge in [0.15, 0.2) is 11.6 Å². The third-order valence-electron chi connectivity index (χ3n) is 2.42. The molecule has 6 nitrogen and oxygen atoms in total. The molecule has 1 rings (SSSR count). The molecule has 1 N–H and O–H groups in total. The molecule has 0 aromatic carbocycles. The average molecular weight is 290 g/mol. The fraction of sp³-hybridized carbons (Fsp3) is 0.636. The van der Waals surface area contributed by atoms with Gasteiger partial charge in [-0.2, -0.15) is 4.98 Å². The first-order chi connectivity index (χ1) is 8.83. The molecule has 0 aliphatic rings. The first-order valence-corrected chi connectivity index (χ1v) is 8.05. The van der Waals surface area contributed by atoms with Crippen LogP contribution in [0.4, 0.5) is 16.2 Å². The third-order valence-corrected chi connectivity index (χ3v) is 3.34. The number of halogens is 1. The van der Waals surface area contributed by atoms with E-state index in [4.69, 9.17) is 0 Å². The van der Waals surface area contributed by atoms with Crippen LogP contribution in [0.15, 0.2) is 6.20 Å². The molecule has 1 heterocycles. The van der Waals surface area contributed by atoms with Gasteiger partial charge in [0.1, 0.15) is 9.84 Å². The molecule has 1 aromatic heterocycles. The largest absolute Gasteiger partial charge is 0.356 e. The molecule has 0 fully saturated rings. The molecule has 8 heteroatoms. The molecule has 108 valence electrons. The highest BCUT2D eigenvalue weighted by Gasteiger charge is 2.13. The highest BCUT2D eigenvalue weighted by Crippen LogP contribution is 2.15. The second-order valence-corrected chi connectivity index (χ2v) is 6.60. The molecule has 0 radical (unpaired) electrons. The molecule has 0 unspecified atom stereocenters. The Hall–Kier alpha value is -1.44. The van der Waals surface area contributed by atoms with Crippen molar-refractivity contribution < 1.29 is 12.8 Å². The summed E-state index contributed by atoms with van der Waals surface area (Å²) >= 11 is 0. The summed E-state index contributed by atoms with van der Waals surface area (Å²) in [5.74, 6) is -0.190. The fourth-order valence-corrected chi connectivity index (χ4v) is 1.96. The Kier molecular flexibility index (Phi) is 5.46. The minimum absolute atomic E-state index is 0.0509. The molecule has 1 aromatic rings. The summed E-state index contributed by atoms with van der Waals surface area (Å²) in [4.78, 5) is 9.34. The maximum Gasteiger partial charge on any atom is 0.224 e. The van der Waals surface area contributed by atoms with Gasteiger partial charge in [0, 0.05) is 26.4 Å². The Morgan fingerprint density at radius 2 is 2.16 bits per heavy atom. The topological polar surface area (TPSA) is 75.2 Å². The van der Waals surface area contributed by atoms with E-state index in [1.807, 2.05) is 6.92 Å². The molecular weight excluding hydrogens is 271 g/mol. The Morgan fingerprint density at radius 3 is 2.74 bits per heavy atom. The van der Waals surface area contributed by atoms with Crippen molar-refractivity contribution in [3.05, 3.63) is 12.0 Å². The minimum atomic E-state index is -3.09. The second-order valence-electron chi connectivity index (χ2n) is 4.34. The van der Waals surface area contributed by atoms with Crippen LogP contribution in [0, 0.1) is 5.82 Å². The van der Waals surface area contributed by atoms with Gasteiger partial charge in [0.2, 0.25) is 5.95 Å². The van der Waals surface area contributed by atoms with Gasteiger partial charge in [-0.25, -0.2) is 17.8 Å². The lowest BCUT2D eigenvalue weighted by Crippen LogP contribution is -2.27. The molecule has 19 heavy (non-hydrogen) atoms. The van der Waals surface area contributed by atoms with Crippen LogP contribution in [-0.4, -0.2) is 50.5 Å². The molecule has 0 aliphatic heterocycles. The van der Waals surface area contributed by atoms with Crippen molar-refractivity contribution in [2.45, 2.75) is 13.3 Å². The van der Waals surface area contributed by atoms with Gasteiger partial charge in [-0.15, -0.1) is 0 Å². The summed E-state index contributed by atoms with van der Waals surface area (Å²) in [5, 5.41) is 2.96. The Morgan fingerprint density at radius 1 is 1.47 bits per heavy atom.